The van der Waals surface area contributed by atoms with Crippen LogP contribution in [0.5, 0.6) is 5.75 Å². The Bertz CT molecular complexity index is 1120. The van der Waals surface area contributed by atoms with Gasteiger partial charge in [0.2, 0.25) is 5.91 Å². The molecule has 1 unspecified atom stereocenters. The molecule has 4 rings (SSSR count). The summed E-state index contributed by atoms with van der Waals surface area (Å²) in [4.78, 5) is 26.3. The third kappa shape index (κ3) is 5.12. The molecule has 1 aliphatic rings. The Hall–Kier alpha value is -2.71. The maximum absolute atomic E-state index is 12.0. The summed E-state index contributed by atoms with van der Waals surface area (Å²) in [6.07, 6.45) is 3.05. The van der Waals surface area contributed by atoms with Crippen LogP contribution in [0.4, 0.5) is 5.69 Å². The van der Waals surface area contributed by atoms with Crippen molar-refractivity contribution in [3.05, 3.63) is 46.5 Å². The molecule has 33 heavy (non-hydrogen) atoms. The van der Waals surface area contributed by atoms with Gasteiger partial charge in [-0.1, -0.05) is 26.8 Å². The van der Waals surface area contributed by atoms with Crippen molar-refractivity contribution in [3.63, 3.8) is 0 Å². The number of pyridine rings is 1. The minimum absolute atomic E-state index is 0.0201. The summed E-state index contributed by atoms with van der Waals surface area (Å²) >= 11 is 1.66. The molecule has 0 saturated carbocycles. The highest BCUT2D eigenvalue weighted by Crippen LogP contribution is 2.37. The number of anilines is 1. The van der Waals surface area contributed by atoms with E-state index in [1.807, 2.05) is 24.4 Å². The summed E-state index contributed by atoms with van der Waals surface area (Å²) in [5.74, 6) is 0.531. The molecule has 1 aliphatic heterocycles. The van der Waals surface area contributed by atoms with Crippen molar-refractivity contribution in [1.82, 2.24) is 14.9 Å². The summed E-state index contributed by atoms with van der Waals surface area (Å²) in [6.45, 7) is 9.84. The zero-order valence-corrected chi connectivity index (χ0v) is 20.7. The lowest BCUT2D eigenvalue weighted by Crippen LogP contribution is -2.36. The number of hydrogen-bond donors (Lipinski definition) is 1. The standard InChI is InChI=1S/C25H33N5O2S/c1-25(2,3)24-28-18(16-33-24)19(15-21(26)31)29-11-6-12-30(14-13-29)23-20(32-4)9-8-17-7-5-10-27-22(17)23/h5,7-10,16,19H,6,11-15H2,1-4H3,(H2,26,31). The highest BCUT2D eigenvalue weighted by atomic mass is 32.1. The number of thiazole rings is 1. The number of rotatable bonds is 6. The van der Waals surface area contributed by atoms with Crippen molar-refractivity contribution in [2.45, 2.75) is 45.1 Å². The summed E-state index contributed by atoms with van der Waals surface area (Å²) in [5, 5.41) is 4.27. The Balaban J connectivity index is 1.61. The molecular formula is C25H33N5O2S. The van der Waals surface area contributed by atoms with Gasteiger partial charge in [0.05, 0.1) is 29.4 Å². The van der Waals surface area contributed by atoms with Gasteiger partial charge in [-0.25, -0.2) is 4.98 Å². The molecule has 1 saturated heterocycles. The molecule has 0 aliphatic carbocycles. The fourth-order valence-electron chi connectivity index (χ4n) is 4.45. The molecule has 3 aromatic rings. The maximum Gasteiger partial charge on any atom is 0.219 e. The molecule has 0 radical (unpaired) electrons. The van der Waals surface area contributed by atoms with E-state index in [4.69, 9.17) is 15.5 Å². The van der Waals surface area contributed by atoms with Crippen molar-refractivity contribution in [2.24, 2.45) is 5.73 Å². The largest absolute Gasteiger partial charge is 0.494 e. The SMILES string of the molecule is COc1ccc2cccnc2c1N1CCCN(C(CC(N)=O)c2csc(C(C)(C)C)n2)CC1. The number of hydrogen-bond acceptors (Lipinski definition) is 7. The van der Waals surface area contributed by atoms with Crippen molar-refractivity contribution in [2.75, 3.05) is 38.2 Å². The van der Waals surface area contributed by atoms with Crippen LogP contribution in [0, 0.1) is 0 Å². The number of aromatic nitrogens is 2. The number of ether oxygens (including phenoxy) is 1. The van der Waals surface area contributed by atoms with Crippen molar-refractivity contribution in [1.29, 1.82) is 0 Å². The molecular weight excluding hydrogens is 434 g/mol. The van der Waals surface area contributed by atoms with E-state index in [1.54, 1.807) is 18.4 Å². The summed E-state index contributed by atoms with van der Waals surface area (Å²) in [5.41, 5.74) is 8.58. The molecule has 0 bridgehead atoms. The fraction of sp³-hybridized carbons (Fsp3) is 0.480. The zero-order valence-electron chi connectivity index (χ0n) is 19.9. The smallest absolute Gasteiger partial charge is 0.219 e. The van der Waals surface area contributed by atoms with Gasteiger partial charge in [-0.3, -0.25) is 14.7 Å². The molecule has 3 heterocycles. The molecule has 1 atom stereocenters. The molecule has 0 spiro atoms. The van der Waals surface area contributed by atoms with Gasteiger partial charge in [-0.2, -0.15) is 0 Å². The summed E-state index contributed by atoms with van der Waals surface area (Å²) in [7, 11) is 1.70. The van der Waals surface area contributed by atoms with Crippen molar-refractivity contribution >= 4 is 33.8 Å². The third-order valence-corrected chi connectivity index (χ3v) is 7.40. The first kappa shape index (κ1) is 23.4. The van der Waals surface area contributed by atoms with Gasteiger partial charge in [0.25, 0.3) is 0 Å². The van der Waals surface area contributed by atoms with Crippen LogP contribution in [0.3, 0.4) is 0 Å². The Morgan fingerprint density at radius 3 is 2.73 bits per heavy atom. The average molecular weight is 468 g/mol. The topological polar surface area (TPSA) is 84.6 Å². The second kappa shape index (κ2) is 9.65. The first-order chi connectivity index (χ1) is 15.8. The van der Waals surface area contributed by atoms with E-state index in [0.717, 1.165) is 65.6 Å². The third-order valence-electron chi connectivity index (χ3n) is 6.12. The Morgan fingerprint density at radius 1 is 1.21 bits per heavy atom. The Kier molecular flexibility index (Phi) is 6.86. The van der Waals surface area contributed by atoms with Crippen LogP contribution in [0.15, 0.2) is 35.8 Å². The van der Waals surface area contributed by atoms with Gasteiger partial charge in [0.15, 0.2) is 0 Å². The quantitative estimate of drug-likeness (QED) is 0.587. The lowest BCUT2D eigenvalue weighted by Gasteiger charge is -2.29. The van der Waals surface area contributed by atoms with Crippen LogP contribution in [0.2, 0.25) is 0 Å². The number of amides is 1. The van der Waals surface area contributed by atoms with E-state index in [0.29, 0.717) is 0 Å². The maximum atomic E-state index is 12.0. The molecule has 1 fully saturated rings. The van der Waals surface area contributed by atoms with Crippen molar-refractivity contribution < 1.29 is 9.53 Å². The van der Waals surface area contributed by atoms with E-state index in [-0.39, 0.29) is 23.8 Å². The number of nitrogens with two attached hydrogens (primary N) is 1. The molecule has 8 heteroatoms. The molecule has 1 amide bonds. The highest BCUT2D eigenvalue weighted by molar-refractivity contribution is 7.09. The van der Waals surface area contributed by atoms with Gasteiger partial charge in [-0.15, -0.1) is 11.3 Å². The van der Waals surface area contributed by atoms with Gasteiger partial charge >= 0.3 is 0 Å². The predicted octanol–water partition coefficient (Wildman–Crippen LogP) is 4.13. The van der Waals surface area contributed by atoms with Crippen LogP contribution >= 0.6 is 11.3 Å². The molecule has 1 aromatic carbocycles. The average Bonchev–Trinajstić information content (AvgIpc) is 3.16. The summed E-state index contributed by atoms with van der Waals surface area (Å²) < 4.78 is 5.71. The van der Waals surface area contributed by atoms with Gasteiger partial charge in [0, 0.05) is 55.0 Å². The van der Waals surface area contributed by atoms with Crippen LogP contribution in [-0.4, -0.2) is 54.1 Å². The minimum atomic E-state index is -0.300. The number of primary amides is 1. The van der Waals surface area contributed by atoms with Crippen LogP contribution in [0.25, 0.3) is 10.9 Å². The van der Waals surface area contributed by atoms with Crippen LogP contribution in [0.1, 0.15) is 50.4 Å². The molecule has 2 N–H and O–H groups in total. The number of nitrogens with zero attached hydrogens (tertiary/aromatic N) is 4. The zero-order chi connectivity index (χ0) is 23.6. The molecule has 2 aromatic heterocycles. The van der Waals surface area contributed by atoms with Gasteiger partial charge in [0.1, 0.15) is 11.4 Å². The number of fused-ring (bicyclic) bond motifs is 1. The van der Waals surface area contributed by atoms with Crippen LogP contribution in [-0.2, 0) is 10.2 Å². The Morgan fingerprint density at radius 2 is 2.03 bits per heavy atom. The van der Waals surface area contributed by atoms with Gasteiger partial charge in [-0.05, 0) is 24.6 Å². The number of methoxy groups -OCH3 is 1. The highest BCUT2D eigenvalue weighted by Gasteiger charge is 2.29. The molecule has 176 valence electrons. The van der Waals surface area contributed by atoms with E-state index in [9.17, 15) is 4.79 Å². The lowest BCUT2D eigenvalue weighted by atomic mass is 9.98. The fourth-order valence-corrected chi connectivity index (χ4v) is 5.40. The number of carbonyl (C=O) groups excluding carboxylic acids is 1. The first-order valence-corrected chi connectivity index (χ1v) is 12.3. The second-order valence-corrected chi connectivity index (χ2v) is 10.4. The van der Waals surface area contributed by atoms with E-state index < -0.39 is 0 Å². The van der Waals surface area contributed by atoms with Gasteiger partial charge < -0.3 is 15.4 Å². The number of benzene rings is 1. The summed E-state index contributed by atoms with van der Waals surface area (Å²) in [6, 6.07) is 7.99. The Labute approximate surface area is 199 Å². The van der Waals surface area contributed by atoms with Crippen LogP contribution < -0.4 is 15.4 Å². The molecule has 7 nitrogen and oxygen atoms in total. The second-order valence-electron chi connectivity index (χ2n) is 9.58. The normalized spacial score (nSPS) is 16.5. The first-order valence-electron chi connectivity index (χ1n) is 11.4. The van der Waals surface area contributed by atoms with Crippen molar-refractivity contribution in [3.8, 4) is 5.75 Å². The lowest BCUT2D eigenvalue weighted by molar-refractivity contribution is -0.119. The predicted molar refractivity (Wildman–Crippen MR) is 134 cm³/mol. The monoisotopic (exact) mass is 467 g/mol. The van der Waals surface area contributed by atoms with E-state index >= 15 is 0 Å². The number of carbonyl (C=O) groups is 1. The van der Waals surface area contributed by atoms with E-state index in [1.165, 1.54) is 0 Å². The minimum Gasteiger partial charge on any atom is -0.494 e. The van der Waals surface area contributed by atoms with E-state index in [2.05, 4.69) is 47.0 Å².